The molecule has 1 fully saturated rings. The average molecular weight is 423 g/mol. The number of rotatable bonds is 7. The predicted molar refractivity (Wildman–Crippen MR) is 122 cm³/mol. The molecule has 0 spiro atoms. The monoisotopic (exact) mass is 422 g/mol. The van der Waals surface area contributed by atoms with Crippen LogP contribution in [0.25, 0.3) is 10.8 Å². The molecule has 0 radical (unpaired) electrons. The Hall–Kier alpha value is -2.93. The summed E-state index contributed by atoms with van der Waals surface area (Å²) in [6.07, 6.45) is 8.28. The van der Waals surface area contributed by atoms with E-state index >= 15 is 0 Å². The van der Waals surface area contributed by atoms with Gasteiger partial charge in [0, 0.05) is 65.9 Å². The Labute approximate surface area is 180 Å². The number of aromatic nitrogens is 1. The average Bonchev–Trinajstić information content (AvgIpc) is 3.33. The van der Waals surface area contributed by atoms with Gasteiger partial charge in [0.1, 0.15) is 0 Å². The van der Waals surface area contributed by atoms with Gasteiger partial charge < -0.3 is 15.5 Å². The Balaban J connectivity index is 1.36. The van der Waals surface area contributed by atoms with Crippen molar-refractivity contribution in [2.75, 3.05) is 29.9 Å². The topological polar surface area (TPSA) is 74.3 Å². The fourth-order valence-electron chi connectivity index (χ4n) is 3.85. The van der Waals surface area contributed by atoms with Gasteiger partial charge in [-0.3, -0.25) is 14.6 Å². The Kier molecular flexibility index (Phi) is 6.59. The summed E-state index contributed by atoms with van der Waals surface area (Å²) in [5, 5.41) is 11.6. The molecule has 7 heteroatoms. The lowest BCUT2D eigenvalue weighted by Gasteiger charge is -2.30. The number of hydrogen-bond donors (Lipinski definition) is 2. The molecule has 3 heterocycles. The Bertz CT molecular complexity index is 1010. The number of nitrogens with one attached hydrogen (secondary N) is 2. The zero-order valence-corrected chi connectivity index (χ0v) is 17.7. The molecule has 0 unspecified atom stereocenters. The van der Waals surface area contributed by atoms with Crippen molar-refractivity contribution in [3.8, 4) is 0 Å². The normalized spacial score (nSPS) is 13.9. The third kappa shape index (κ3) is 4.79. The lowest BCUT2D eigenvalue weighted by Crippen LogP contribution is -2.29. The quantitative estimate of drug-likeness (QED) is 0.552. The van der Waals surface area contributed by atoms with Crippen molar-refractivity contribution in [2.24, 2.45) is 0 Å². The van der Waals surface area contributed by atoms with Crippen LogP contribution in [0.3, 0.4) is 0 Å². The number of carbonyl (C=O) groups is 2. The standard InChI is InChI=1S/C23H26N4O2S/c28-22(5-4-10-25-23(29)17-9-14-30-16-17)26-20-6-7-21(27-12-2-1-3-13-27)18-8-11-24-15-19(18)20/h6-9,11,14-16H,1-5,10,12-13H2,(H,25,29)(H,26,28). The number of nitrogens with zero attached hydrogens (tertiary/aromatic N) is 2. The number of benzene rings is 1. The highest BCUT2D eigenvalue weighted by Gasteiger charge is 2.16. The van der Waals surface area contributed by atoms with E-state index in [0.717, 1.165) is 29.5 Å². The molecule has 156 valence electrons. The maximum absolute atomic E-state index is 12.5. The molecule has 0 atom stereocenters. The number of thiophene rings is 1. The van der Waals surface area contributed by atoms with Gasteiger partial charge in [-0.2, -0.15) is 11.3 Å². The van der Waals surface area contributed by atoms with E-state index in [1.165, 1.54) is 36.3 Å². The molecule has 2 aromatic heterocycles. The number of hydrogen-bond acceptors (Lipinski definition) is 5. The summed E-state index contributed by atoms with van der Waals surface area (Å²) < 4.78 is 0. The number of fused-ring (bicyclic) bond motifs is 1. The Morgan fingerprint density at radius 2 is 1.93 bits per heavy atom. The molecule has 0 aliphatic carbocycles. The summed E-state index contributed by atoms with van der Waals surface area (Å²) in [4.78, 5) is 31.1. The van der Waals surface area contributed by atoms with Gasteiger partial charge >= 0.3 is 0 Å². The highest BCUT2D eigenvalue weighted by molar-refractivity contribution is 7.08. The lowest BCUT2D eigenvalue weighted by molar-refractivity contribution is -0.116. The summed E-state index contributed by atoms with van der Waals surface area (Å²) in [7, 11) is 0. The fraction of sp³-hybridized carbons (Fsp3) is 0.348. The van der Waals surface area contributed by atoms with Gasteiger partial charge in [0.05, 0.1) is 5.69 Å². The first kappa shape index (κ1) is 20.3. The van der Waals surface area contributed by atoms with Crippen LogP contribution in [0.5, 0.6) is 0 Å². The summed E-state index contributed by atoms with van der Waals surface area (Å²) in [5.41, 5.74) is 2.66. The van der Waals surface area contributed by atoms with Crippen molar-refractivity contribution < 1.29 is 9.59 Å². The van der Waals surface area contributed by atoms with Gasteiger partial charge in [-0.05, 0) is 55.3 Å². The van der Waals surface area contributed by atoms with Crippen LogP contribution in [-0.2, 0) is 4.79 Å². The first-order chi connectivity index (χ1) is 14.7. The van der Waals surface area contributed by atoms with Crippen LogP contribution in [0.15, 0.2) is 47.4 Å². The van der Waals surface area contributed by atoms with Crippen LogP contribution < -0.4 is 15.5 Å². The number of piperidine rings is 1. The van der Waals surface area contributed by atoms with Gasteiger partial charge in [-0.1, -0.05) is 0 Å². The molecule has 1 aromatic carbocycles. The molecule has 1 aliphatic rings. The van der Waals surface area contributed by atoms with Crippen molar-refractivity contribution in [1.29, 1.82) is 0 Å². The first-order valence-electron chi connectivity index (χ1n) is 10.4. The second-order valence-electron chi connectivity index (χ2n) is 7.52. The van der Waals surface area contributed by atoms with Gasteiger partial charge in [0.15, 0.2) is 0 Å². The van der Waals surface area contributed by atoms with E-state index < -0.39 is 0 Å². The van der Waals surface area contributed by atoms with Crippen LogP contribution in [0.2, 0.25) is 0 Å². The SMILES string of the molecule is O=C(CCCNC(=O)c1ccsc1)Nc1ccc(N2CCCCC2)c2ccncc12. The van der Waals surface area contributed by atoms with E-state index in [9.17, 15) is 9.59 Å². The smallest absolute Gasteiger partial charge is 0.252 e. The molecule has 1 aliphatic heterocycles. The molecule has 6 nitrogen and oxygen atoms in total. The van der Waals surface area contributed by atoms with E-state index in [2.05, 4.69) is 26.6 Å². The second-order valence-corrected chi connectivity index (χ2v) is 8.30. The van der Waals surface area contributed by atoms with Gasteiger partial charge in [0.25, 0.3) is 5.91 Å². The maximum Gasteiger partial charge on any atom is 0.252 e. The number of amides is 2. The number of pyridine rings is 1. The van der Waals surface area contributed by atoms with E-state index in [0.29, 0.717) is 24.9 Å². The zero-order valence-electron chi connectivity index (χ0n) is 16.9. The van der Waals surface area contributed by atoms with Crippen LogP contribution in [-0.4, -0.2) is 36.4 Å². The fourth-order valence-corrected chi connectivity index (χ4v) is 4.49. The summed E-state index contributed by atoms with van der Waals surface area (Å²) in [5.74, 6) is -0.155. The molecular formula is C23H26N4O2S. The number of carbonyl (C=O) groups excluding carboxylic acids is 2. The minimum absolute atomic E-state index is 0.0596. The van der Waals surface area contributed by atoms with E-state index in [4.69, 9.17) is 0 Å². The van der Waals surface area contributed by atoms with Crippen LogP contribution in [0.1, 0.15) is 42.5 Å². The van der Waals surface area contributed by atoms with Gasteiger partial charge in [-0.15, -0.1) is 0 Å². The lowest BCUT2D eigenvalue weighted by atomic mass is 10.0. The number of anilines is 2. The molecule has 1 saturated heterocycles. The third-order valence-electron chi connectivity index (χ3n) is 5.42. The van der Waals surface area contributed by atoms with Crippen molar-refractivity contribution >= 4 is 45.3 Å². The van der Waals surface area contributed by atoms with Crippen molar-refractivity contribution in [1.82, 2.24) is 10.3 Å². The minimum Gasteiger partial charge on any atom is -0.371 e. The Morgan fingerprint density at radius 1 is 1.07 bits per heavy atom. The maximum atomic E-state index is 12.5. The molecule has 0 saturated carbocycles. The second kappa shape index (κ2) is 9.71. The van der Waals surface area contributed by atoms with E-state index in [1.807, 2.05) is 29.1 Å². The minimum atomic E-state index is -0.0953. The first-order valence-corrected chi connectivity index (χ1v) is 11.4. The molecule has 0 bridgehead atoms. The summed E-state index contributed by atoms with van der Waals surface area (Å²) in [6.45, 7) is 2.61. The molecular weight excluding hydrogens is 396 g/mol. The van der Waals surface area contributed by atoms with E-state index in [-0.39, 0.29) is 11.8 Å². The summed E-state index contributed by atoms with van der Waals surface area (Å²) in [6, 6.07) is 7.89. The molecule has 4 rings (SSSR count). The van der Waals surface area contributed by atoms with Gasteiger partial charge in [0.2, 0.25) is 5.91 Å². The van der Waals surface area contributed by atoms with Gasteiger partial charge in [-0.25, -0.2) is 0 Å². The predicted octanol–water partition coefficient (Wildman–Crippen LogP) is 4.44. The third-order valence-corrected chi connectivity index (χ3v) is 6.10. The zero-order chi connectivity index (χ0) is 20.8. The highest BCUT2D eigenvalue weighted by atomic mass is 32.1. The van der Waals surface area contributed by atoms with Crippen LogP contribution in [0, 0.1) is 0 Å². The van der Waals surface area contributed by atoms with Crippen LogP contribution in [0.4, 0.5) is 11.4 Å². The van der Waals surface area contributed by atoms with Crippen LogP contribution >= 0.6 is 11.3 Å². The molecule has 2 N–H and O–H groups in total. The largest absolute Gasteiger partial charge is 0.371 e. The Morgan fingerprint density at radius 3 is 2.73 bits per heavy atom. The van der Waals surface area contributed by atoms with Crippen molar-refractivity contribution in [3.63, 3.8) is 0 Å². The molecule has 3 aromatic rings. The van der Waals surface area contributed by atoms with E-state index in [1.54, 1.807) is 12.3 Å². The molecule has 2 amide bonds. The van der Waals surface area contributed by atoms with Crippen molar-refractivity contribution in [2.45, 2.75) is 32.1 Å². The molecule has 30 heavy (non-hydrogen) atoms. The summed E-state index contributed by atoms with van der Waals surface area (Å²) >= 11 is 1.49. The van der Waals surface area contributed by atoms with Crippen molar-refractivity contribution in [3.05, 3.63) is 53.0 Å². The highest BCUT2D eigenvalue weighted by Crippen LogP contribution is 2.33.